The highest BCUT2D eigenvalue weighted by Crippen LogP contribution is 2.12. The molecular formula is C9H18N2O2. The Balaban J connectivity index is 2.35. The number of hydrogen-bond acceptors (Lipinski definition) is 3. The normalized spacial score (nSPS) is 30.1. The van der Waals surface area contributed by atoms with E-state index in [1.54, 1.807) is 0 Å². The number of hydrogen-bond donors (Lipinski definition) is 2. The zero-order valence-electron chi connectivity index (χ0n) is 8.25. The van der Waals surface area contributed by atoms with Gasteiger partial charge in [0.25, 0.3) is 0 Å². The van der Waals surface area contributed by atoms with Crippen molar-refractivity contribution in [1.29, 1.82) is 0 Å². The molecule has 1 aliphatic rings. The molecule has 1 fully saturated rings. The number of carbonyl (C=O) groups excluding carboxylic acids is 1. The molecule has 0 spiro atoms. The van der Waals surface area contributed by atoms with Crippen LogP contribution in [0.15, 0.2) is 0 Å². The van der Waals surface area contributed by atoms with Crippen LogP contribution in [0.4, 0.5) is 0 Å². The zero-order valence-corrected chi connectivity index (χ0v) is 8.25. The highest BCUT2D eigenvalue weighted by Gasteiger charge is 2.26. The van der Waals surface area contributed by atoms with Gasteiger partial charge in [-0.1, -0.05) is 6.92 Å². The highest BCUT2D eigenvalue weighted by atomic mass is 16.5. The Labute approximate surface area is 78.8 Å². The van der Waals surface area contributed by atoms with Gasteiger partial charge in [0.05, 0.1) is 12.1 Å². The third-order valence-electron chi connectivity index (χ3n) is 2.51. The molecule has 3 atom stereocenters. The first kappa shape index (κ1) is 10.5. The number of nitrogens with two attached hydrogens (primary N) is 1. The molecule has 0 aromatic carbocycles. The molecule has 0 aromatic rings. The Kier molecular flexibility index (Phi) is 3.69. The van der Waals surface area contributed by atoms with Gasteiger partial charge in [-0.2, -0.15) is 0 Å². The van der Waals surface area contributed by atoms with Crippen LogP contribution in [-0.4, -0.2) is 31.2 Å². The van der Waals surface area contributed by atoms with Crippen LogP contribution in [0.3, 0.4) is 0 Å². The second-order valence-corrected chi connectivity index (χ2v) is 3.62. The first-order valence-corrected chi connectivity index (χ1v) is 4.77. The van der Waals surface area contributed by atoms with Crippen molar-refractivity contribution >= 4 is 5.91 Å². The molecule has 3 N–H and O–H groups in total. The van der Waals surface area contributed by atoms with Crippen molar-refractivity contribution in [1.82, 2.24) is 5.32 Å². The topological polar surface area (TPSA) is 64.4 Å². The Bertz CT molecular complexity index is 184. The van der Waals surface area contributed by atoms with Gasteiger partial charge >= 0.3 is 0 Å². The van der Waals surface area contributed by atoms with E-state index in [-0.39, 0.29) is 24.0 Å². The van der Waals surface area contributed by atoms with Crippen molar-refractivity contribution in [2.75, 3.05) is 13.2 Å². The average Bonchev–Trinajstić information content (AvgIpc) is 2.50. The predicted octanol–water partition coefficient (Wildman–Crippen LogP) is -0.125. The van der Waals surface area contributed by atoms with E-state index in [2.05, 4.69) is 5.32 Å². The molecule has 1 amide bonds. The maximum Gasteiger partial charge on any atom is 0.224 e. The molecule has 3 unspecified atom stereocenters. The Morgan fingerprint density at radius 3 is 2.92 bits per heavy atom. The minimum absolute atomic E-state index is 0.0323. The molecule has 1 saturated heterocycles. The van der Waals surface area contributed by atoms with E-state index >= 15 is 0 Å². The van der Waals surface area contributed by atoms with E-state index < -0.39 is 0 Å². The van der Waals surface area contributed by atoms with Crippen molar-refractivity contribution < 1.29 is 9.53 Å². The minimum atomic E-state index is -0.104. The fourth-order valence-electron chi connectivity index (χ4n) is 1.35. The molecule has 4 nitrogen and oxygen atoms in total. The van der Waals surface area contributed by atoms with Crippen LogP contribution in [0.1, 0.15) is 20.3 Å². The van der Waals surface area contributed by atoms with Gasteiger partial charge in [-0.3, -0.25) is 4.79 Å². The Morgan fingerprint density at radius 2 is 2.46 bits per heavy atom. The first-order chi connectivity index (χ1) is 6.15. The van der Waals surface area contributed by atoms with E-state index in [4.69, 9.17) is 10.5 Å². The Hall–Kier alpha value is -0.610. The van der Waals surface area contributed by atoms with E-state index in [1.807, 2.05) is 13.8 Å². The second-order valence-electron chi connectivity index (χ2n) is 3.62. The number of rotatable bonds is 3. The molecule has 0 saturated carbocycles. The van der Waals surface area contributed by atoms with Crippen molar-refractivity contribution in [3.05, 3.63) is 0 Å². The van der Waals surface area contributed by atoms with Crippen LogP contribution >= 0.6 is 0 Å². The maximum absolute atomic E-state index is 11.4. The molecule has 13 heavy (non-hydrogen) atoms. The molecule has 1 rings (SSSR count). The predicted molar refractivity (Wildman–Crippen MR) is 50.2 cm³/mol. The molecule has 4 heteroatoms. The van der Waals surface area contributed by atoms with Gasteiger partial charge in [-0.15, -0.1) is 0 Å². The van der Waals surface area contributed by atoms with Gasteiger partial charge in [0.15, 0.2) is 0 Å². The van der Waals surface area contributed by atoms with E-state index in [0.717, 1.165) is 13.0 Å². The van der Waals surface area contributed by atoms with Crippen LogP contribution in [0, 0.1) is 5.92 Å². The third-order valence-corrected chi connectivity index (χ3v) is 2.51. The SMILES string of the molecule is CC(CN)C(=O)NC1CCOC1C. The lowest BCUT2D eigenvalue weighted by Crippen LogP contribution is -2.43. The molecule has 76 valence electrons. The van der Waals surface area contributed by atoms with Gasteiger partial charge < -0.3 is 15.8 Å². The molecule has 1 aliphatic heterocycles. The summed E-state index contributed by atoms with van der Waals surface area (Å²) in [5, 5.41) is 2.94. The summed E-state index contributed by atoms with van der Waals surface area (Å²) in [5.74, 6) is -0.0716. The first-order valence-electron chi connectivity index (χ1n) is 4.77. The third kappa shape index (κ3) is 2.67. The summed E-state index contributed by atoms with van der Waals surface area (Å²) in [7, 11) is 0. The molecule has 1 heterocycles. The van der Waals surface area contributed by atoms with Crippen LogP contribution in [0.5, 0.6) is 0 Å². The summed E-state index contributed by atoms with van der Waals surface area (Å²) in [6.45, 7) is 4.94. The van der Waals surface area contributed by atoms with E-state index in [0.29, 0.717) is 6.54 Å². The summed E-state index contributed by atoms with van der Waals surface area (Å²) in [6.07, 6.45) is 1.04. The monoisotopic (exact) mass is 186 g/mol. The quantitative estimate of drug-likeness (QED) is 0.645. The number of carbonyl (C=O) groups is 1. The molecule has 0 bridgehead atoms. The zero-order chi connectivity index (χ0) is 9.84. The maximum atomic E-state index is 11.4. The van der Waals surface area contributed by atoms with Crippen LogP contribution in [0.25, 0.3) is 0 Å². The van der Waals surface area contributed by atoms with Gasteiger partial charge in [-0.25, -0.2) is 0 Å². The summed E-state index contributed by atoms with van der Waals surface area (Å²) < 4.78 is 5.33. The van der Waals surface area contributed by atoms with Crippen LogP contribution in [-0.2, 0) is 9.53 Å². The lowest BCUT2D eigenvalue weighted by atomic mass is 10.1. The van der Waals surface area contributed by atoms with Gasteiger partial charge in [-0.05, 0) is 13.3 Å². The number of ether oxygens (including phenoxy) is 1. The van der Waals surface area contributed by atoms with Gasteiger partial charge in [0.1, 0.15) is 0 Å². The summed E-state index contributed by atoms with van der Waals surface area (Å²) in [4.78, 5) is 11.4. The average molecular weight is 186 g/mol. The number of nitrogens with one attached hydrogen (secondary N) is 1. The molecule has 0 aromatic heterocycles. The largest absolute Gasteiger partial charge is 0.376 e. The standard InChI is InChI=1S/C9H18N2O2/c1-6(5-10)9(12)11-8-3-4-13-7(8)2/h6-8H,3-5,10H2,1-2H3,(H,11,12). The number of amides is 1. The van der Waals surface area contributed by atoms with Crippen molar-refractivity contribution in [3.63, 3.8) is 0 Å². The van der Waals surface area contributed by atoms with Gasteiger partial charge in [0, 0.05) is 19.1 Å². The smallest absolute Gasteiger partial charge is 0.224 e. The minimum Gasteiger partial charge on any atom is -0.376 e. The molecular weight excluding hydrogens is 168 g/mol. The molecule has 0 aliphatic carbocycles. The van der Waals surface area contributed by atoms with Crippen LogP contribution in [0.2, 0.25) is 0 Å². The second kappa shape index (κ2) is 4.58. The Morgan fingerprint density at radius 1 is 1.77 bits per heavy atom. The summed E-state index contributed by atoms with van der Waals surface area (Å²) >= 11 is 0. The fraction of sp³-hybridized carbons (Fsp3) is 0.889. The summed E-state index contributed by atoms with van der Waals surface area (Å²) in [5.41, 5.74) is 5.39. The lowest BCUT2D eigenvalue weighted by Gasteiger charge is -2.18. The summed E-state index contributed by atoms with van der Waals surface area (Å²) in [6, 6.07) is 0.168. The van der Waals surface area contributed by atoms with E-state index in [9.17, 15) is 4.79 Å². The molecule has 0 radical (unpaired) electrons. The van der Waals surface area contributed by atoms with Crippen molar-refractivity contribution in [3.8, 4) is 0 Å². The van der Waals surface area contributed by atoms with Gasteiger partial charge in [0.2, 0.25) is 5.91 Å². The van der Waals surface area contributed by atoms with Crippen LogP contribution < -0.4 is 11.1 Å². The fourth-order valence-corrected chi connectivity index (χ4v) is 1.35. The van der Waals surface area contributed by atoms with Crippen molar-refractivity contribution in [2.24, 2.45) is 11.7 Å². The lowest BCUT2D eigenvalue weighted by molar-refractivity contribution is -0.125. The van der Waals surface area contributed by atoms with E-state index in [1.165, 1.54) is 0 Å². The highest BCUT2D eigenvalue weighted by molar-refractivity contribution is 5.78. The van der Waals surface area contributed by atoms with Crippen molar-refractivity contribution in [2.45, 2.75) is 32.4 Å².